The van der Waals surface area contributed by atoms with Crippen molar-refractivity contribution in [3.8, 4) is 0 Å². The summed E-state index contributed by atoms with van der Waals surface area (Å²) < 4.78 is 31.2. The van der Waals surface area contributed by atoms with Gasteiger partial charge in [-0.3, -0.25) is 0 Å². The highest BCUT2D eigenvalue weighted by atomic mass is 35.5. The molecule has 17 heavy (non-hydrogen) atoms. The Hall–Kier alpha value is -0.590. The lowest BCUT2D eigenvalue weighted by molar-refractivity contribution is 0.390. The van der Waals surface area contributed by atoms with Gasteiger partial charge in [-0.2, -0.15) is 0 Å². The average Bonchev–Trinajstić information content (AvgIpc) is 2.57. The maximum absolute atomic E-state index is 12.0. The molecule has 0 radical (unpaired) electrons. The molecule has 1 aromatic heterocycles. The summed E-state index contributed by atoms with van der Waals surface area (Å²) in [7, 11) is -3.58. The Labute approximate surface area is 107 Å². The second kappa shape index (κ2) is 5.84. The fourth-order valence-corrected chi connectivity index (χ4v) is 3.34. The van der Waals surface area contributed by atoms with Crippen LogP contribution < -0.4 is 4.72 Å². The van der Waals surface area contributed by atoms with Gasteiger partial charge in [0.1, 0.15) is 10.6 Å². The summed E-state index contributed by atoms with van der Waals surface area (Å²) in [6.45, 7) is 5.37. The summed E-state index contributed by atoms with van der Waals surface area (Å²) in [5.41, 5.74) is 0.358. The molecule has 1 rings (SSSR count). The number of nitrogens with zero attached hydrogens (tertiary/aromatic N) is 1. The van der Waals surface area contributed by atoms with Crippen LogP contribution in [0.2, 0.25) is 0 Å². The molecule has 0 saturated heterocycles. The highest BCUT2D eigenvalue weighted by molar-refractivity contribution is 7.89. The molecule has 0 amide bonds. The fourth-order valence-electron chi connectivity index (χ4n) is 1.55. The van der Waals surface area contributed by atoms with Gasteiger partial charge in [-0.05, 0) is 20.3 Å². The van der Waals surface area contributed by atoms with Crippen molar-refractivity contribution >= 4 is 21.6 Å². The van der Waals surface area contributed by atoms with Gasteiger partial charge >= 0.3 is 0 Å². The number of nitrogens with one attached hydrogen (secondary N) is 1. The maximum Gasteiger partial charge on any atom is 0.246 e. The first-order chi connectivity index (χ1) is 7.88. The smallest absolute Gasteiger partial charge is 0.246 e. The van der Waals surface area contributed by atoms with E-state index in [-0.39, 0.29) is 22.6 Å². The van der Waals surface area contributed by atoms with Crippen LogP contribution in [0.25, 0.3) is 0 Å². The first kappa shape index (κ1) is 14.5. The summed E-state index contributed by atoms with van der Waals surface area (Å²) in [5, 5.41) is 3.42. The van der Waals surface area contributed by atoms with Crippen LogP contribution in [-0.2, 0) is 10.0 Å². The Balaban J connectivity index is 2.76. The first-order valence-electron chi connectivity index (χ1n) is 5.45. The molecule has 0 aromatic carbocycles. The predicted octanol–water partition coefficient (Wildman–Crippen LogP) is 1.98. The van der Waals surface area contributed by atoms with E-state index in [9.17, 15) is 8.42 Å². The van der Waals surface area contributed by atoms with E-state index in [4.69, 9.17) is 16.1 Å². The minimum absolute atomic E-state index is 0.109. The van der Waals surface area contributed by atoms with Crippen LogP contribution >= 0.6 is 11.6 Å². The number of halogens is 1. The Morgan fingerprint density at radius 3 is 2.59 bits per heavy atom. The summed E-state index contributed by atoms with van der Waals surface area (Å²) in [6.07, 6.45) is 1.69. The molecule has 5 nitrogen and oxygen atoms in total. The summed E-state index contributed by atoms with van der Waals surface area (Å²) in [6, 6.07) is 0. The third-order valence-electron chi connectivity index (χ3n) is 2.33. The van der Waals surface area contributed by atoms with Gasteiger partial charge in [-0.1, -0.05) is 18.5 Å². The van der Waals surface area contributed by atoms with Crippen LogP contribution in [0.4, 0.5) is 0 Å². The molecule has 7 heteroatoms. The van der Waals surface area contributed by atoms with Gasteiger partial charge < -0.3 is 4.52 Å². The number of hydrogen-bond donors (Lipinski definition) is 1. The van der Waals surface area contributed by atoms with Gasteiger partial charge in [0.15, 0.2) is 5.76 Å². The topological polar surface area (TPSA) is 72.2 Å². The third kappa shape index (κ3) is 3.69. The molecule has 1 atom stereocenters. The van der Waals surface area contributed by atoms with Crippen molar-refractivity contribution in [2.24, 2.45) is 0 Å². The van der Waals surface area contributed by atoms with E-state index in [2.05, 4.69) is 9.88 Å². The minimum atomic E-state index is -3.58. The molecule has 1 aromatic rings. The van der Waals surface area contributed by atoms with Crippen molar-refractivity contribution < 1.29 is 12.9 Å². The van der Waals surface area contributed by atoms with Gasteiger partial charge in [0.05, 0.1) is 0 Å². The molecule has 0 fully saturated rings. The zero-order chi connectivity index (χ0) is 13.1. The number of hydrogen-bond acceptors (Lipinski definition) is 4. The van der Waals surface area contributed by atoms with Crippen molar-refractivity contribution in [1.82, 2.24) is 9.88 Å². The molecule has 1 N–H and O–H groups in total. The Morgan fingerprint density at radius 1 is 1.47 bits per heavy atom. The largest absolute Gasteiger partial charge is 0.360 e. The molecular weight excluding hydrogens is 264 g/mol. The van der Waals surface area contributed by atoms with Crippen molar-refractivity contribution in [1.29, 1.82) is 0 Å². The van der Waals surface area contributed by atoms with Crippen LogP contribution in [-0.4, -0.2) is 25.5 Å². The van der Waals surface area contributed by atoms with E-state index >= 15 is 0 Å². The highest BCUT2D eigenvalue weighted by Gasteiger charge is 2.24. The first-order valence-corrected chi connectivity index (χ1v) is 7.37. The van der Waals surface area contributed by atoms with E-state index in [1.54, 1.807) is 13.8 Å². The third-order valence-corrected chi connectivity index (χ3v) is 4.37. The summed E-state index contributed by atoms with van der Waals surface area (Å²) >= 11 is 5.96. The Kier molecular flexibility index (Phi) is 4.97. The normalized spacial score (nSPS) is 13.9. The maximum atomic E-state index is 12.0. The van der Waals surface area contributed by atoms with Gasteiger partial charge in [-0.15, -0.1) is 11.6 Å². The Morgan fingerprint density at radius 2 is 2.12 bits per heavy atom. The van der Waals surface area contributed by atoms with Crippen molar-refractivity contribution in [2.75, 3.05) is 6.54 Å². The quantitative estimate of drug-likeness (QED) is 0.809. The number of aryl methyl sites for hydroxylation is 2. The van der Waals surface area contributed by atoms with E-state index in [1.807, 2.05) is 6.92 Å². The van der Waals surface area contributed by atoms with Gasteiger partial charge in [0.2, 0.25) is 10.0 Å². The second-order valence-electron chi connectivity index (χ2n) is 3.89. The van der Waals surface area contributed by atoms with Gasteiger partial charge in [0.25, 0.3) is 0 Å². The van der Waals surface area contributed by atoms with Crippen LogP contribution in [0.3, 0.4) is 0 Å². The van der Waals surface area contributed by atoms with Crippen LogP contribution in [0.15, 0.2) is 9.42 Å². The van der Waals surface area contributed by atoms with Crippen LogP contribution in [0.1, 0.15) is 31.2 Å². The van der Waals surface area contributed by atoms with E-state index < -0.39 is 10.0 Å². The molecule has 0 aliphatic heterocycles. The summed E-state index contributed by atoms with van der Waals surface area (Å²) in [5.74, 6) is 0.289. The standard InChI is InChI=1S/C10H17ClN2O3S/c1-4-5-9(11)6-12-17(14,15)10-7(2)13-16-8(10)3/h9,12H,4-6H2,1-3H3. The van der Waals surface area contributed by atoms with E-state index in [1.165, 1.54) is 0 Å². The number of rotatable bonds is 6. The zero-order valence-electron chi connectivity index (χ0n) is 10.2. The monoisotopic (exact) mass is 280 g/mol. The lowest BCUT2D eigenvalue weighted by Crippen LogP contribution is -2.30. The number of sulfonamides is 1. The van der Waals surface area contributed by atoms with Crippen molar-refractivity contribution in [3.63, 3.8) is 0 Å². The van der Waals surface area contributed by atoms with E-state index in [0.717, 1.165) is 12.8 Å². The van der Waals surface area contributed by atoms with Gasteiger partial charge in [-0.25, -0.2) is 13.1 Å². The van der Waals surface area contributed by atoms with Gasteiger partial charge in [0, 0.05) is 11.9 Å². The molecule has 1 unspecified atom stereocenters. The summed E-state index contributed by atoms with van der Waals surface area (Å²) in [4.78, 5) is 0.109. The number of alkyl halides is 1. The predicted molar refractivity (Wildman–Crippen MR) is 65.7 cm³/mol. The second-order valence-corrected chi connectivity index (χ2v) is 6.21. The van der Waals surface area contributed by atoms with Crippen molar-refractivity contribution in [3.05, 3.63) is 11.5 Å². The van der Waals surface area contributed by atoms with Crippen LogP contribution in [0.5, 0.6) is 0 Å². The van der Waals surface area contributed by atoms with Crippen molar-refractivity contribution in [2.45, 2.75) is 43.9 Å². The number of aromatic nitrogens is 1. The highest BCUT2D eigenvalue weighted by Crippen LogP contribution is 2.18. The molecule has 0 aliphatic rings. The zero-order valence-corrected chi connectivity index (χ0v) is 11.7. The molecular formula is C10H17ClN2O3S. The van der Waals surface area contributed by atoms with E-state index in [0.29, 0.717) is 5.69 Å². The molecule has 1 heterocycles. The minimum Gasteiger partial charge on any atom is -0.360 e. The van der Waals surface area contributed by atoms with Crippen LogP contribution in [0, 0.1) is 13.8 Å². The molecule has 0 saturated carbocycles. The SMILES string of the molecule is CCCC(Cl)CNS(=O)(=O)c1c(C)noc1C. The fraction of sp³-hybridized carbons (Fsp3) is 0.700. The Bertz CT molecular complexity index is 450. The molecule has 0 bridgehead atoms. The molecule has 0 spiro atoms. The molecule has 98 valence electrons. The molecule has 0 aliphatic carbocycles. The average molecular weight is 281 g/mol. The lowest BCUT2D eigenvalue weighted by atomic mass is 10.2. The lowest BCUT2D eigenvalue weighted by Gasteiger charge is -2.09.